The number of ether oxygens (including phenoxy) is 1. The van der Waals surface area contributed by atoms with E-state index >= 15 is 0 Å². The molecule has 0 N–H and O–H groups in total. The molecule has 0 aliphatic heterocycles. The lowest BCUT2D eigenvalue weighted by molar-refractivity contribution is -0.149. The number of carbonyl (C=O) groups is 2. The van der Waals surface area contributed by atoms with E-state index in [4.69, 9.17) is 4.74 Å². The minimum absolute atomic E-state index is 0.212. The summed E-state index contributed by atoms with van der Waals surface area (Å²) in [7, 11) is 0. The largest absolute Gasteiger partial charge is 0.465 e. The maximum Gasteiger partial charge on any atom is 0.320 e. The Morgan fingerprint density at radius 3 is 2.47 bits per heavy atom. The summed E-state index contributed by atoms with van der Waals surface area (Å²) in [5.74, 6) is -1.52. The van der Waals surface area contributed by atoms with Crippen LogP contribution in [0.3, 0.4) is 0 Å². The van der Waals surface area contributed by atoms with E-state index in [1.807, 2.05) is 30.3 Å². The van der Waals surface area contributed by atoms with Crippen LogP contribution in [0.15, 0.2) is 36.4 Å². The van der Waals surface area contributed by atoms with Crippen molar-refractivity contribution in [1.82, 2.24) is 0 Å². The van der Waals surface area contributed by atoms with Gasteiger partial charge in [-0.1, -0.05) is 42.5 Å². The van der Waals surface area contributed by atoms with Gasteiger partial charge in [-0.05, 0) is 19.4 Å². The maximum atomic E-state index is 11.5. The molecule has 1 rings (SSSR count). The monoisotopic (exact) mass is 232 g/mol. The summed E-state index contributed by atoms with van der Waals surface area (Å²) in [6.07, 6.45) is 3.33. The molecule has 0 aliphatic carbocycles. The summed E-state index contributed by atoms with van der Waals surface area (Å²) >= 11 is 0. The Labute approximate surface area is 101 Å². The third-order valence-corrected chi connectivity index (χ3v) is 2.26. The Balaban J connectivity index is 2.77. The highest BCUT2D eigenvalue weighted by Crippen LogP contribution is 2.08. The minimum Gasteiger partial charge on any atom is -0.465 e. The van der Waals surface area contributed by atoms with Gasteiger partial charge in [0.05, 0.1) is 6.61 Å². The average molecular weight is 232 g/mol. The lowest BCUT2D eigenvalue weighted by Gasteiger charge is -2.07. The van der Waals surface area contributed by atoms with Crippen molar-refractivity contribution in [3.63, 3.8) is 0 Å². The highest BCUT2D eigenvalue weighted by molar-refractivity contribution is 6.00. The van der Waals surface area contributed by atoms with Crippen molar-refractivity contribution in [1.29, 1.82) is 0 Å². The molecule has 0 aromatic heterocycles. The van der Waals surface area contributed by atoms with Crippen molar-refractivity contribution < 1.29 is 14.3 Å². The summed E-state index contributed by atoms with van der Waals surface area (Å²) in [5.41, 5.74) is 0.947. The van der Waals surface area contributed by atoms with Crippen LogP contribution in [0.5, 0.6) is 0 Å². The van der Waals surface area contributed by atoms with Crippen molar-refractivity contribution in [2.24, 2.45) is 5.92 Å². The Kier molecular flexibility index (Phi) is 5.14. The van der Waals surface area contributed by atoms with E-state index in [0.29, 0.717) is 0 Å². The second-order valence-corrected chi connectivity index (χ2v) is 3.61. The number of hydrogen-bond donors (Lipinski definition) is 0. The van der Waals surface area contributed by atoms with E-state index in [2.05, 4.69) is 0 Å². The fourth-order valence-corrected chi connectivity index (χ4v) is 1.38. The van der Waals surface area contributed by atoms with Gasteiger partial charge in [-0.15, -0.1) is 0 Å². The molecule has 90 valence electrons. The number of esters is 1. The molecular formula is C14H16O3. The Morgan fingerprint density at radius 1 is 1.29 bits per heavy atom. The molecule has 3 heteroatoms. The molecule has 0 radical (unpaired) electrons. The van der Waals surface area contributed by atoms with Crippen LogP contribution >= 0.6 is 0 Å². The second-order valence-electron chi connectivity index (χ2n) is 3.61. The molecule has 1 aromatic rings. The second kappa shape index (κ2) is 6.63. The summed E-state index contributed by atoms with van der Waals surface area (Å²) < 4.78 is 4.84. The van der Waals surface area contributed by atoms with Gasteiger partial charge < -0.3 is 4.74 Å². The SMILES string of the molecule is CCOC(=O)C(/C=C/c1ccccc1)C(C)=O. The molecule has 1 unspecified atom stereocenters. The van der Waals surface area contributed by atoms with Crippen LogP contribution in [-0.2, 0) is 14.3 Å². The Morgan fingerprint density at radius 2 is 1.94 bits per heavy atom. The zero-order chi connectivity index (χ0) is 12.7. The first kappa shape index (κ1) is 13.2. The number of rotatable bonds is 5. The lowest BCUT2D eigenvalue weighted by atomic mass is 10.0. The third-order valence-electron chi connectivity index (χ3n) is 2.26. The molecule has 0 amide bonds. The predicted octanol–water partition coefficient (Wildman–Crippen LogP) is 2.47. The molecule has 0 saturated heterocycles. The number of hydrogen-bond acceptors (Lipinski definition) is 3. The van der Waals surface area contributed by atoms with E-state index in [1.54, 1.807) is 19.1 Å². The summed E-state index contributed by atoms with van der Waals surface area (Å²) in [6, 6.07) is 9.50. The minimum atomic E-state index is -0.810. The molecule has 1 atom stereocenters. The van der Waals surface area contributed by atoms with Gasteiger partial charge in [0.15, 0.2) is 0 Å². The summed E-state index contributed by atoms with van der Waals surface area (Å²) in [6.45, 7) is 3.38. The van der Waals surface area contributed by atoms with Crippen molar-refractivity contribution in [3.8, 4) is 0 Å². The quantitative estimate of drug-likeness (QED) is 0.578. The predicted molar refractivity (Wildman–Crippen MR) is 66.3 cm³/mol. The van der Waals surface area contributed by atoms with E-state index in [9.17, 15) is 9.59 Å². The highest BCUT2D eigenvalue weighted by atomic mass is 16.5. The zero-order valence-electron chi connectivity index (χ0n) is 10.1. The first-order chi connectivity index (χ1) is 8.15. The van der Waals surface area contributed by atoms with Gasteiger partial charge in [-0.2, -0.15) is 0 Å². The number of Topliss-reactive ketones (excluding diaryl/α,β-unsaturated/α-hetero) is 1. The van der Waals surface area contributed by atoms with Gasteiger partial charge in [-0.25, -0.2) is 0 Å². The summed E-state index contributed by atoms with van der Waals surface area (Å²) in [4.78, 5) is 22.8. The van der Waals surface area contributed by atoms with Crippen LogP contribution in [0.2, 0.25) is 0 Å². The molecule has 0 fully saturated rings. The molecule has 0 bridgehead atoms. The topological polar surface area (TPSA) is 43.4 Å². The first-order valence-electron chi connectivity index (χ1n) is 5.55. The standard InChI is InChI=1S/C14H16O3/c1-3-17-14(16)13(11(2)15)10-9-12-7-5-4-6-8-12/h4-10,13H,3H2,1-2H3/b10-9+. The van der Waals surface area contributed by atoms with Crippen molar-refractivity contribution in [3.05, 3.63) is 42.0 Å². The van der Waals surface area contributed by atoms with Gasteiger partial charge in [-0.3, -0.25) is 9.59 Å². The molecular weight excluding hydrogens is 216 g/mol. The van der Waals surface area contributed by atoms with Gasteiger partial charge in [0.2, 0.25) is 0 Å². The number of benzene rings is 1. The van der Waals surface area contributed by atoms with Gasteiger partial charge in [0.25, 0.3) is 0 Å². The Hall–Kier alpha value is -1.90. The van der Waals surface area contributed by atoms with E-state index in [-0.39, 0.29) is 12.4 Å². The van der Waals surface area contributed by atoms with E-state index < -0.39 is 11.9 Å². The fraction of sp³-hybridized carbons (Fsp3) is 0.286. The van der Waals surface area contributed by atoms with Crippen LogP contribution in [0.4, 0.5) is 0 Å². The van der Waals surface area contributed by atoms with Crippen molar-refractivity contribution in [2.75, 3.05) is 6.61 Å². The molecule has 1 aromatic carbocycles. The molecule has 17 heavy (non-hydrogen) atoms. The Bertz CT molecular complexity index is 407. The van der Waals surface area contributed by atoms with Crippen molar-refractivity contribution >= 4 is 17.8 Å². The fourth-order valence-electron chi connectivity index (χ4n) is 1.38. The van der Waals surface area contributed by atoms with Crippen LogP contribution in [0.1, 0.15) is 19.4 Å². The first-order valence-corrected chi connectivity index (χ1v) is 5.55. The normalized spacial score (nSPS) is 12.4. The maximum absolute atomic E-state index is 11.5. The van der Waals surface area contributed by atoms with E-state index in [0.717, 1.165) is 5.56 Å². The van der Waals surface area contributed by atoms with E-state index in [1.165, 1.54) is 6.92 Å². The van der Waals surface area contributed by atoms with Crippen LogP contribution in [0.25, 0.3) is 6.08 Å². The highest BCUT2D eigenvalue weighted by Gasteiger charge is 2.21. The number of ketones is 1. The van der Waals surface area contributed by atoms with Crippen LogP contribution in [-0.4, -0.2) is 18.4 Å². The molecule has 0 heterocycles. The molecule has 0 aliphatic rings. The summed E-state index contributed by atoms with van der Waals surface area (Å²) in [5, 5.41) is 0. The molecule has 0 spiro atoms. The lowest BCUT2D eigenvalue weighted by Crippen LogP contribution is -2.22. The van der Waals surface area contributed by atoms with Gasteiger partial charge in [0.1, 0.15) is 11.7 Å². The molecule has 0 saturated carbocycles. The van der Waals surface area contributed by atoms with Crippen LogP contribution < -0.4 is 0 Å². The molecule has 3 nitrogen and oxygen atoms in total. The average Bonchev–Trinajstić information content (AvgIpc) is 2.30. The van der Waals surface area contributed by atoms with Gasteiger partial charge >= 0.3 is 5.97 Å². The van der Waals surface area contributed by atoms with Gasteiger partial charge in [0, 0.05) is 0 Å². The smallest absolute Gasteiger partial charge is 0.320 e. The van der Waals surface area contributed by atoms with Crippen LogP contribution in [0, 0.1) is 5.92 Å². The van der Waals surface area contributed by atoms with Crippen molar-refractivity contribution in [2.45, 2.75) is 13.8 Å². The zero-order valence-corrected chi connectivity index (χ0v) is 10.1. The third kappa shape index (κ3) is 4.23. The number of carbonyl (C=O) groups excluding carboxylic acids is 2.